The number of amides is 1. The van der Waals surface area contributed by atoms with E-state index in [1.807, 2.05) is 0 Å². The molecule has 24 heavy (non-hydrogen) atoms. The Hall–Kier alpha value is -3.22. The second kappa shape index (κ2) is 7.87. The first kappa shape index (κ1) is 17.1. The number of non-ortho nitro benzene ring substituents is 1. The average molecular weight is 327 g/mol. The van der Waals surface area contributed by atoms with Gasteiger partial charge in [0.2, 0.25) is 5.91 Å². The molecular weight excluding hydrogens is 310 g/mol. The number of benzene rings is 2. The van der Waals surface area contributed by atoms with Crippen LogP contribution in [0.4, 0.5) is 17.1 Å². The Bertz CT molecular complexity index is 770. The molecule has 0 bridgehead atoms. The molecule has 0 unspecified atom stereocenters. The van der Waals surface area contributed by atoms with E-state index in [1.165, 1.54) is 19.2 Å². The summed E-state index contributed by atoms with van der Waals surface area (Å²) in [5.74, 6) is 0.427. The molecule has 0 aliphatic carbocycles. The van der Waals surface area contributed by atoms with Crippen molar-refractivity contribution in [3.8, 4) is 5.75 Å². The SMILES string of the molecule is CCC(=O)Nc1cc(N=Cc2ccc([N+](=O)[O-])cc2)ccc1OC. The first-order chi connectivity index (χ1) is 11.5. The lowest BCUT2D eigenvalue weighted by molar-refractivity contribution is -0.384. The van der Waals surface area contributed by atoms with Crippen LogP contribution in [-0.4, -0.2) is 24.2 Å². The number of nitrogens with zero attached hydrogens (tertiary/aromatic N) is 2. The predicted molar refractivity (Wildman–Crippen MR) is 92.3 cm³/mol. The quantitative estimate of drug-likeness (QED) is 0.497. The molecule has 2 aromatic rings. The number of anilines is 1. The number of rotatable bonds is 6. The first-order valence-corrected chi connectivity index (χ1v) is 7.30. The number of hydrogen-bond acceptors (Lipinski definition) is 5. The van der Waals surface area contributed by atoms with Crippen molar-refractivity contribution in [3.05, 3.63) is 58.1 Å². The molecule has 7 heteroatoms. The van der Waals surface area contributed by atoms with Crippen molar-refractivity contribution in [3.63, 3.8) is 0 Å². The number of carbonyl (C=O) groups excluding carboxylic acids is 1. The summed E-state index contributed by atoms with van der Waals surface area (Å²) in [6.07, 6.45) is 1.95. The summed E-state index contributed by atoms with van der Waals surface area (Å²) in [4.78, 5) is 26.1. The highest BCUT2D eigenvalue weighted by Crippen LogP contribution is 2.29. The van der Waals surface area contributed by atoms with Crippen molar-refractivity contribution in [2.45, 2.75) is 13.3 Å². The lowest BCUT2D eigenvalue weighted by Crippen LogP contribution is -2.10. The van der Waals surface area contributed by atoms with E-state index in [4.69, 9.17) is 4.74 Å². The zero-order valence-corrected chi connectivity index (χ0v) is 13.4. The molecule has 0 saturated heterocycles. The Kier molecular flexibility index (Phi) is 5.62. The zero-order valence-electron chi connectivity index (χ0n) is 13.4. The van der Waals surface area contributed by atoms with E-state index in [-0.39, 0.29) is 11.6 Å². The molecule has 0 aliphatic heterocycles. The van der Waals surface area contributed by atoms with Gasteiger partial charge in [0.25, 0.3) is 5.69 Å². The molecule has 0 aromatic heterocycles. The van der Waals surface area contributed by atoms with Gasteiger partial charge in [0, 0.05) is 24.8 Å². The van der Waals surface area contributed by atoms with Gasteiger partial charge < -0.3 is 10.1 Å². The maximum Gasteiger partial charge on any atom is 0.269 e. The molecule has 1 amide bonds. The fourth-order valence-corrected chi connectivity index (χ4v) is 1.94. The predicted octanol–water partition coefficient (Wildman–Crippen LogP) is 3.70. The maximum absolute atomic E-state index is 11.6. The minimum atomic E-state index is -0.451. The van der Waals surface area contributed by atoms with Crippen LogP contribution < -0.4 is 10.1 Å². The van der Waals surface area contributed by atoms with Gasteiger partial charge in [-0.2, -0.15) is 0 Å². The minimum Gasteiger partial charge on any atom is -0.495 e. The second-order valence-corrected chi connectivity index (χ2v) is 4.89. The fourth-order valence-electron chi connectivity index (χ4n) is 1.94. The second-order valence-electron chi connectivity index (χ2n) is 4.89. The van der Waals surface area contributed by atoms with E-state index in [1.54, 1.807) is 43.5 Å². The van der Waals surface area contributed by atoms with Gasteiger partial charge in [0.1, 0.15) is 5.75 Å². The van der Waals surface area contributed by atoms with Crippen LogP contribution in [0.3, 0.4) is 0 Å². The van der Waals surface area contributed by atoms with Crippen LogP contribution in [0.2, 0.25) is 0 Å². The number of nitro benzene ring substituents is 1. The number of carbonyl (C=O) groups is 1. The Labute approximate surface area is 139 Å². The number of methoxy groups -OCH3 is 1. The van der Waals surface area contributed by atoms with Crippen LogP contribution in [0, 0.1) is 10.1 Å². The molecule has 0 saturated carbocycles. The van der Waals surface area contributed by atoms with Crippen LogP contribution in [0.15, 0.2) is 47.5 Å². The Morgan fingerprint density at radius 2 is 2.00 bits per heavy atom. The molecule has 0 radical (unpaired) electrons. The highest BCUT2D eigenvalue weighted by atomic mass is 16.6. The van der Waals surface area contributed by atoms with Crippen LogP contribution in [0.1, 0.15) is 18.9 Å². The molecule has 0 fully saturated rings. The van der Waals surface area contributed by atoms with Gasteiger partial charge in [-0.3, -0.25) is 19.9 Å². The highest BCUT2D eigenvalue weighted by molar-refractivity contribution is 5.93. The van der Waals surface area contributed by atoms with E-state index in [9.17, 15) is 14.9 Å². The van der Waals surface area contributed by atoms with Crippen molar-refractivity contribution < 1.29 is 14.5 Å². The standard InChI is InChI=1S/C17H17N3O4/c1-3-17(21)19-15-10-13(6-9-16(15)24-2)18-11-12-4-7-14(8-5-12)20(22)23/h4-11H,3H2,1-2H3,(H,19,21). The smallest absolute Gasteiger partial charge is 0.269 e. The largest absolute Gasteiger partial charge is 0.495 e. The molecule has 2 rings (SSSR count). The van der Waals surface area contributed by atoms with Crippen LogP contribution >= 0.6 is 0 Å². The lowest BCUT2D eigenvalue weighted by atomic mass is 10.2. The van der Waals surface area contributed by atoms with Crippen LogP contribution in [-0.2, 0) is 4.79 Å². The topological polar surface area (TPSA) is 93.8 Å². The molecular formula is C17H17N3O4. The molecule has 7 nitrogen and oxygen atoms in total. The summed E-state index contributed by atoms with van der Waals surface area (Å²) in [6, 6.07) is 11.2. The van der Waals surface area contributed by atoms with Crippen molar-refractivity contribution in [2.24, 2.45) is 4.99 Å². The monoisotopic (exact) mass is 327 g/mol. The Morgan fingerprint density at radius 3 is 2.58 bits per heavy atom. The summed E-state index contributed by atoms with van der Waals surface area (Å²) in [7, 11) is 1.52. The van der Waals surface area contributed by atoms with Crippen molar-refractivity contribution >= 4 is 29.2 Å². The summed E-state index contributed by atoms with van der Waals surface area (Å²) in [5.41, 5.74) is 1.93. The third-order valence-electron chi connectivity index (χ3n) is 3.24. The molecule has 0 spiro atoms. The van der Waals surface area contributed by atoms with E-state index in [2.05, 4.69) is 10.3 Å². The molecule has 0 heterocycles. The summed E-state index contributed by atoms with van der Waals surface area (Å²) in [5, 5.41) is 13.4. The minimum absolute atomic E-state index is 0.0289. The van der Waals surface area contributed by atoms with Gasteiger partial charge in [0.15, 0.2) is 0 Å². The zero-order chi connectivity index (χ0) is 17.5. The van der Waals surface area contributed by atoms with Crippen molar-refractivity contribution in [1.82, 2.24) is 0 Å². The number of nitro groups is 1. The first-order valence-electron chi connectivity index (χ1n) is 7.30. The highest BCUT2D eigenvalue weighted by Gasteiger charge is 2.07. The van der Waals surface area contributed by atoms with E-state index < -0.39 is 4.92 Å². The van der Waals surface area contributed by atoms with Crippen LogP contribution in [0.5, 0.6) is 5.75 Å². The van der Waals surface area contributed by atoms with Crippen LogP contribution in [0.25, 0.3) is 0 Å². The number of aliphatic imine (C=N–C) groups is 1. The van der Waals surface area contributed by atoms with E-state index in [0.717, 1.165) is 5.56 Å². The molecule has 1 N–H and O–H groups in total. The molecule has 0 atom stereocenters. The van der Waals surface area contributed by atoms with Crippen molar-refractivity contribution in [1.29, 1.82) is 0 Å². The number of hydrogen-bond donors (Lipinski definition) is 1. The maximum atomic E-state index is 11.6. The Balaban J connectivity index is 2.20. The van der Waals surface area contributed by atoms with Gasteiger partial charge in [-0.15, -0.1) is 0 Å². The van der Waals surface area contributed by atoms with E-state index in [0.29, 0.717) is 23.5 Å². The normalized spacial score (nSPS) is 10.6. The van der Waals surface area contributed by atoms with Gasteiger partial charge in [-0.25, -0.2) is 0 Å². The van der Waals surface area contributed by atoms with Gasteiger partial charge in [-0.1, -0.05) is 6.92 Å². The molecule has 124 valence electrons. The van der Waals surface area contributed by atoms with Gasteiger partial charge in [0.05, 0.1) is 23.4 Å². The Morgan fingerprint density at radius 1 is 1.29 bits per heavy atom. The van der Waals surface area contributed by atoms with Gasteiger partial charge >= 0.3 is 0 Å². The number of nitrogens with one attached hydrogen (secondary N) is 1. The van der Waals surface area contributed by atoms with E-state index >= 15 is 0 Å². The third kappa shape index (κ3) is 4.39. The fraction of sp³-hybridized carbons (Fsp3) is 0.176. The van der Waals surface area contributed by atoms with Crippen molar-refractivity contribution in [2.75, 3.05) is 12.4 Å². The number of ether oxygens (including phenoxy) is 1. The summed E-state index contributed by atoms with van der Waals surface area (Å²) < 4.78 is 5.21. The molecule has 2 aromatic carbocycles. The summed E-state index contributed by atoms with van der Waals surface area (Å²) in [6.45, 7) is 1.76. The van der Waals surface area contributed by atoms with Gasteiger partial charge in [-0.05, 0) is 35.9 Å². The third-order valence-corrected chi connectivity index (χ3v) is 3.24. The average Bonchev–Trinajstić information content (AvgIpc) is 2.60. The summed E-state index contributed by atoms with van der Waals surface area (Å²) >= 11 is 0. The molecule has 0 aliphatic rings. The lowest BCUT2D eigenvalue weighted by Gasteiger charge is -2.10.